The number of esters is 1. The number of carbonyl (C=O) groups excluding carboxylic acids is 1. The molecule has 0 heterocycles. The third kappa shape index (κ3) is 4.65. The average Bonchev–Trinajstić information content (AvgIpc) is 2.05. The summed E-state index contributed by atoms with van der Waals surface area (Å²) < 4.78 is 5.24. The third-order valence-corrected chi connectivity index (χ3v) is 2.72. The fourth-order valence-electron chi connectivity index (χ4n) is 2.02. The second kappa shape index (κ2) is 4.97. The Morgan fingerprint density at radius 3 is 2.47 bits per heavy atom. The number of aliphatic hydroxyl groups excluding tert-OH is 1. The molecule has 0 aliphatic heterocycles. The van der Waals surface area contributed by atoms with Crippen molar-refractivity contribution in [3.8, 4) is 0 Å². The highest BCUT2D eigenvalue weighted by atomic mass is 16.6. The second-order valence-electron chi connectivity index (χ2n) is 5.40. The predicted molar refractivity (Wildman–Crippen MR) is 58.4 cm³/mol. The van der Waals surface area contributed by atoms with Gasteiger partial charge in [-0.3, -0.25) is 4.79 Å². The number of hydrogen-bond donors (Lipinski definition) is 1. The van der Waals surface area contributed by atoms with Crippen molar-refractivity contribution in [1.82, 2.24) is 0 Å². The van der Waals surface area contributed by atoms with Gasteiger partial charge < -0.3 is 9.84 Å². The van der Waals surface area contributed by atoms with E-state index in [2.05, 4.69) is 0 Å². The third-order valence-electron chi connectivity index (χ3n) is 2.72. The molecule has 0 spiro atoms. The number of hydrogen-bond acceptors (Lipinski definition) is 3. The molecular weight excluding hydrogens is 192 g/mol. The van der Waals surface area contributed by atoms with Gasteiger partial charge in [-0.2, -0.15) is 0 Å². The van der Waals surface area contributed by atoms with Crippen LogP contribution in [-0.4, -0.2) is 22.8 Å². The zero-order valence-corrected chi connectivity index (χ0v) is 9.95. The average molecular weight is 214 g/mol. The van der Waals surface area contributed by atoms with Gasteiger partial charge in [0.15, 0.2) is 0 Å². The van der Waals surface area contributed by atoms with Gasteiger partial charge in [-0.05, 0) is 39.5 Å². The lowest BCUT2D eigenvalue weighted by atomic mass is 9.84. The summed E-state index contributed by atoms with van der Waals surface area (Å²) in [6.45, 7) is 5.59. The van der Waals surface area contributed by atoms with Crippen molar-refractivity contribution in [2.75, 3.05) is 0 Å². The summed E-state index contributed by atoms with van der Waals surface area (Å²) in [7, 11) is 0. The zero-order valence-electron chi connectivity index (χ0n) is 9.95. The van der Waals surface area contributed by atoms with Crippen LogP contribution < -0.4 is 0 Å². The second-order valence-corrected chi connectivity index (χ2v) is 5.40. The normalized spacial score (nSPS) is 27.5. The summed E-state index contributed by atoms with van der Waals surface area (Å²) in [5.41, 5.74) is -0.420. The highest BCUT2D eigenvalue weighted by Crippen LogP contribution is 2.27. The van der Waals surface area contributed by atoms with E-state index in [1.54, 1.807) is 0 Å². The Morgan fingerprint density at radius 2 is 1.93 bits per heavy atom. The van der Waals surface area contributed by atoms with Crippen LogP contribution >= 0.6 is 0 Å². The van der Waals surface area contributed by atoms with Gasteiger partial charge in [0, 0.05) is 0 Å². The van der Waals surface area contributed by atoms with Crippen molar-refractivity contribution >= 4 is 5.97 Å². The maximum atomic E-state index is 11.5. The quantitative estimate of drug-likeness (QED) is 0.717. The fraction of sp³-hybridized carbons (Fsp3) is 0.917. The number of carbonyl (C=O) groups is 1. The molecular formula is C12H22O3. The van der Waals surface area contributed by atoms with Crippen molar-refractivity contribution < 1.29 is 14.6 Å². The van der Waals surface area contributed by atoms with E-state index >= 15 is 0 Å². The summed E-state index contributed by atoms with van der Waals surface area (Å²) in [6, 6.07) is 0. The Hall–Kier alpha value is -0.570. The molecule has 0 saturated heterocycles. The summed E-state index contributed by atoms with van der Waals surface area (Å²) in [5.74, 6) is -0.0814. The first-order chi connectivity index (χ1) is 6.88. The molecule has 2 atom stereocenters. The van der Waals surface area contributed by atoms with Gasteiger partial charge in [-0.25, -0.2) is 0 Å². The molecule has 3 heteroatoms. The van der Waals surface area contributed by atoms with Gasteiger partial charge >= 0.3 is 5.97 Å². The minimum atomic E-state index is -0.420. The van der Waals surface area contributed by atoms with E-state index in [0.717, 1.165) is 25.7 Å². The van der Waals surface area contributed by atoms with E-state index in [-0.39, 0.29) is 18.0 Å². The number of ether oxygens (including phenoxy) is 1. The predicted octanol–water partition coefficient (Wildman–Crippen LogP) is 2.27. The van der Waals surface area contributed by atoms with Crippen LogP contribution in [0.15, 0.2) is 0 Å². The van der Waals surface area contributed by atoms with Crippen molar-refractivity contribution in [3.05, 3.63) is 0 Å². The standard InChI is InChI=1S/C12H22O3/c1-12(2,3)15-11(14)8-9-6-4-5-7-10(9)13/h9-10,13H,4-8H2,1-3H3/t9-,10+/m0/s1. The summed E-state index contributed by atoms with van der Waals surface area (Å²) in [6.07, 6.45) is 4.01. The van der Waals surface area contributed by atoms with E-state index in [4.69, 9.17) is 4.74 Å². The van der Waals surface area contributed by atoms with Crippen LogP contribution in [-0.2, 0) is 9.53 Å². The van der Waals surface area contributed by atoms with Crippen LogP contribution in [0.3, 0.4) is 0 Å². The molecule has 0 bridgehead atoms. The number of rotatable bonds is 2. The minimum absolute atomic E-state index is 0.105. The fourth-order valence-corrected chi connectivity index (χ4v) is 2.02. The Bertz CT molecular complexity index is 217. The topological polar surface area (TPSA) is 46.5 Å². The first-order valence-corrected chi connectivity index (χ1v) is 5.78. The van der Waals surface area contributed by atoms with E-state index in [1.807, 2.05) is 20.8 Å². The molecule has 0 radical (unpaired) electrons. The first-order valence-electron chi connectivity index (χ1n) is 5.78. The van der Waals surface area contributed by atoms with Crippen molar-refractivity contribution in [1.29, 1.82) is 0 Å². The Kier molecular flexibility index (Phi) is 4.14. The lowest BCUT2D eigenvalue weighted by molar-refractivity contribution is -0.157. The Balaban J connectivity index is 2.36. The lowest BCUT2D eigenvalue weighted by Gasteiger charge is -2.28. The van der Waals surface area contributed by atoms with Crippen LogP contribution in [0.4, 0.5) is 0 Å². The largest absolute Gasteiger partial charge is 0.460 e. The number of aliphatic hydroxyl groups is 1. The van der Waals surface area contributed by atoms with Crippen molar-refractivity contribution in [2.45, 2.75) is 64.6 Å². The molecule has 0 aromatic heterocycles. The Morgan fingerprint density at radius 1 is 1.33 bits per heavy atom. The molecule has 1 N–H and O–H groups in total. The monoisotopic (exact) mass is 214 g/mol. The van der Waals surface area contributed by atoms with E-state index in [0.29, 0.717) is 6.42 Å². The SMILES string of the molecule is CC(C)(C)OC(=O)C[C@@H]1CCCC[C@H]1O. The molecule has 1 fully saturated rings. The molecule has 0 aromatic rings. The van der Waals surface area contributed by atoms with Crippen LogP contribution in [0.1, 0.15) is 52.9 Å². The maximum Gasteiger partial charge on any atom is 0.306 e. The highest BCUT2D eigenvalue weighted by molar-refractivity contribution is 5.70. The van der Waals surface area contributed by atoms with Crippen molar-refractivity contribution in [3.63, 3.8) is 0 Å². The van der Waals surface area contributed by atoms with Crippen LogP contribution in [0, 0.1) is 5.92 Å². The van der Waals surface area contributed by atoms with Gasteiger partial charge in [0.1, 0.15) is 5.60 Å². The first kappa shape index (κ1) is 12.5. The molecule has 3 nitrogen and oxygen atoms in total. The van der Waals surface area contributed by atoms with Gasteiger partial charge in [0.25, 0.3) is 0 Å². The van der Waals surface area contributed by atoms with Gasteiger partial charge in [0.05, 0.1) is 12.5 Å². The molecule has 0 unspecified atom stereocenters. The van der Waals surface area contributed by atoms with Crippen LogP contribution in [0.2, 0.25) is 0 Å². The summed E-state index contributed by atoms with van der Waals surface area (Å²) in [4.78, 5) is 11.5. The molecule has 15 heavy (non-hydrogen) atoms. The minimum Gasteiger partial charge on any atom is -0.460 e. The molecule has 1 aliphatic rings. The summed E-state index contributed by atoms with van der Waals surface area (Å²) >= 11 is 0. The van der Waals surface area contributed by atoms with E-state index in [1.165, 1.54) is 0 Å². The molecule has 0 aromatic carbocycles. The summed E-state index contributed by atoms with van der Waals surface area (Å²) in [5, 5.41) is 9.71. The maximum absolute atomic E-state index is 11.5. The van der Waals surface area contributed by atoms with Gasteiger partial charge in [-0.1, -0.05) is 12.8 Å². The van der Waals surface area contributed by atoms with Crippen LogP contribution in [0.25, 0.3) is 0 Å². The molecule has 0 amide bonds. The van der Waals surface area contributed by atoms with Crippen LogP contribution in [0.5, 0.6) is 0 Å². The van der Waals surface area contributed by atoms with E-state index < -0.39 is 5.60 Å². The zero-order chi connectivity index (χ0) is 11.5. The smallest absolute Gasteiger partial charge is 0.306 e. The highest BCUT2D eigenvalue weighted by Gasteiger charge is 2.27. The van der Waals surface area contributed by atoms with Gasteiger partial charge in [0.2, 0.25) is 0 Å². The van der Waals surface area contributed by atoms with Crippen molar-refractivity contribution in [2.24, 2.45) is 5.92 Å². The van der Waals surface area contributed by atoms with Gasteiger partial charge in [-0.15, -0.1) is 0 Å². The molecule has 1 aliphatic carbocycles. The van der Waals surface area contributed by atoms with E-state index in [9.17, 15) is 9.90 Å². The molecule has 88 valence electrons. The molecule has 1 rings (SSSR count). The molecule has 1 saturated carbocycles. The Labute approximate surface area is 91.8 Å². The lowest BCUT2D eigenvalue weighted by Crippen LogP contribution is -2.30.